The fourth-order valence-corrected chi connectivity index (χ4v) is 3.28. The Bertz CT molecular complexity index is 809. The van der Waals surface area contributed by atoms with E-state index in [1.54, 1.807) is 36.4 Å². The Morgan fingerprint density at radius 3 is 2.43 bits per heavy atom. The Morgan fingerprint density at radius 2 is 1.75 bits per heavy atom. The summed E-state index contributed by atoms with van der Waals surface area (Å²) in [6.45, 7) is 6.44. The summed E-state index contributed by atoms with van der Waals surface area (Å²) in [7, 11) is 0. The minimum absolute atomic E-state index is 0.0221. The molecule has 3 rings (SSSR count). The van der Waals surface area contributed by atoms with Crippen molar-refractivity contribution < 1.29 is 14.3 Å². The molecule has 2 amide bonds. The number of nitrogens with one attached hydrogen (secondary N) is 1. The SMILES string of the molecule is CCCOc1ccc(C(=O)Nc2ccccc2C(=O)N2CCC(C)CC2)cc1. The van der Waals surface area contributed by atoms with E-state index in [0.29, 0.717) is 29.3 Å². The van der Waals surface area contributed by atoms with Crippen molar-refractivity contribution in [1.82, 2.24) is 4.90 Å². The molecule has 5 nitrogen and oxygen atoms in total. The summed E-state index contributed by atoms with van der Waals surface area (Å²) < 4.78 is 5.55. The molecule has 0 radical (unpaired) electrons. The van der Waals surface area contributed by atoms with Gasteiger partial charge in [0.15, 0.2) is 0 Å². The second kappa shape index (κ2) is 9.40. The van der Waals surface area contributed by atoms with Crippen LogP contribution >= 0.6 is 0 Å². The minimum atomic E-state index is -0.241. The number of rotatable bonds is 6. The van der Waals surface area contributed by atoms with Crippen LogP contribution in [0.1, 0.15) is 53.8 Å². The maximum Gasteiger partial charge on any atom is 0.255 e. The lowest BCUT2D eigenvalue weighted by Crippen LogP contribution is -2.38. The zero-order valence-corrected chi connectivity index (χ0v) is 16.6. The summed E-state index contributed by atoms with van der Waals surface area (Å²) >= 11 is 0. The maximum absolute atomic E-state index is 12.9. The first kappa shape index (κ1) is 19.9. The Balaban J connectivity index is 1.70. The molecule has 2 aromatic rings. The zero-order valence-electron chi connectivity index (χ0n) is 16.6. The lowest BCUT2D eigenvalue weighted by molar-refractivity contribution is 0.0698. The predicted molar refractivity (Wildman–Crippen MR) is 111 cm³/mol. The third kappa shape index (κ3) is 4.91. The van der Waals surface area contributed by atoms with Gasteiger partial charge in [0.1, 0.15) is 5.75 Å². The number of anilines is 1. The van der Waals surface area contributed by atoms with Gasteiger partial charge in [0, 0.05) is 18.7 Å². The number of likely N-dealkylation sites (tertiary alicyclic amines) is 1. The van der Waals surface area contributed by atoms with Crippen LogP contribution in [-0.2, 0) is 0 Å². The first-order valence-corrected chi connectivity index (χ1v) is 10.0. The largest absolute Gasteiger partial charge is 0.494 e. The molecular weight excluding hydrogens is 352 g/mol. The van der Waals surface area contributed by atoms with Crippen molar-refractivity contribution in [3.63, 3.8) is 0 Å². The van der Waals surface area contributed by atoms with E-state index < -0.39 is 0 Å². The summed E-state index contributed by atoms with van der Waals surface area (Å²) in [5.74, 6) is 1.14. The summed E-state index contributed by atoms with van der Waals surface area (Å²) in [6.07, 6.45) is 2.97. The van der Waals surface area contributed by atoms with Crippen molar-refractivity contribution in [2.45, 2.75) is 33.1 Å². The molecule has 148 valence electrons. The fraction of sp³-hybridized carbons (Fsp3) is 0.391. The molecule has 1 heterocycles. The van der Waals surface area contributed by atoms with Crippen molar-refractivity contribution in [2.75, 3.05) is 25.0 Å². The van der Waals surface area contributed by atoms with Crippen LogP contribution in [0.3, 0.4) is 0 Å². The fourth-order valence-electron chi connectivity index (χ4n) is 3.28. The first-order chi connectivity index (χ1) is 13.6. The second-order valence-electron chi connectivity index (χ2n) is 7.35. The highest BCUT2D eigenvalue weighted by atomic mass is 16.5. The highest BCUT2D eigenvalue weighted by molar-refractivity contribution is 6.09. The van der Waals surface area contributed by atoms with Crippen LogP contribution in [0, 0.1) is 5.92 Å². The quantitative estimate of drug-likeness (QED) is 0.797. The van der Waals surface area contributed by atoms with Gasteiger partial charge in [-0.3, -0.25) is 9.59 Å². The van der Waals surface area contributed by atoms with Crippen LogP contribution in [-0.4, -0.2) is 36.4 Å². The van der Waals surface area contributed by atoms with Crippen molar-refractivity contribution in [2.24, 2.45) is 5.92 Å². The van der Waals surface area contributed by atoms with Crippen LogP contribution in [0.2, 0.25) is 0 Å². The van der Waals surface area contributed by atoms with Gasteiger partial charge in [-0.2, -0.15) is 0 Å². The molecule has 2 aromatic carbocycles. The van der Waals surface area contributed by atoms with Gasteiger partial charge in [0.25, 0.3) is 11.8 Å². The Kier molecular flexibility index (Phi) is 6.69. The molecule has 5 heteroatoms. The van der Waals surface area contributed by atoms with Gasteiger partial charge < -0.3 is 15.0 Å². The van der Waals surface area contributed by atoms with E-state index in [-0.39, 0.29) is 11.8 Å². The summed E-state index contributed by atoms with van der Waals surface area (Å²) in [5.41, 5.74) is 1.61. The lowest BCUT2D eigenvalue weighted by atomic mass is 9.98. The molecule has 1 aliphatic heterocycles. The van der Waals surface area contributed by atoms with Crippen molar-refractivity contribution in [3.05, 3.63) is 59.7 Å². The molecule has 0 aromatic heterocycles. The number of ether oxygens (including phenoxy) is 1. The smallest absolute Gasteiger partial charge is 0.255 e. The number of amides is 2. The van der Waals surface area contributed by atoms with E-state index in [2.05, 4.69) is 12.2 Å². The highest BCUT2D eigenvalue weighted by Crippen LogP contribution is 2.23. The van der Waals surface area contributed by atoms with Crippen LogP contribution < -0.4 is 10.1 Å². The minimum Gasteiger partial charge on any atom is -0.494 e. The van der Waals surface area contributed by atoms with Gasteiger partial charge in [-0.25, -0.2) is 0 Å². The molecule has 28 heavy (non-hydrogen) atoms. The zero-order chi connectivity index (χ0) is 19.9. The molecule has 1 fully saturated rings. The highest BCUT2D eigenvalue weighted by Gasteiger charge is 2.23. The third-order valence-corrected chi connectivity index (χ3v) is 5.07. The van der Waals surface area contributed by atoms with Gasteiger partial charge in [0.05, 0.1) is 17.9 Å². The molecule has 1 aliphatic rings. The van der Waals surface area contributed by atoms with Gasteiger partial charge >= 0.3 is 0 Å². The van der Waals surface area contributed by atoms with Crippen LogP contribution in [0.4, 0.5) is 5.69 Å². The summed E-state index contributed by atoms with van der Waals surface area (Å²) in [4.78, 5) is 27.5. The number of benzene rings is 2. The topological polar surface area (TPSA) is 58.6 Å². The number of nitrogens with zero attached hydrogens (tertiary/aromatic N) is 1. The molecule has 1 saturated heterocycles. The molecule has 0 bridgehead atoms. The van der Waals surface area contributed by atoms with Crippen molar-refractivity contribution in [3.8, 4) is 5.75 Å². The molecule has 0 atom stereocenters. The van der Waals surface area contributed by atoms with E-state index in [1.807, 2.05) is 24.0 Å². The van der Waals surface area contributed by atoms with E-state index in [1.165, 1.54) is 0 Å². The Hall–Kier alpha value is -2.82. The molecule has 0 aliphatic carbocycles. The molecule has 0 spiro atoms. The predicted octanol–water partition coefficient (Wildman–Crippen LogP) is 4.60. The lowest BCUT2D eigenvalue weighted by Gasteiger charge is -2.30. The Morgan fingerprint density at radius 1 is 1.07 bits per heavy atom. The number of para-hydroxylation sites is 1. The van der Waals surface area contributed by atoms with Crippen molar-refractivity contribution >= 4 is 17.5 Å². The van der Waals surface area contributed by atoms with E-state index >= 15 is 0 Å². The molecule has 0 saturated carbocycles. The number of piperidine rings is 1. The number of carbonyl (C=O) groups is 2. The standard InChI is InChI=1S/C23H28N2O3/c1-3-16-28-19-10-8-18(9-11-19)22(26)24-21-7-5-4-6-20(21)23(27)25-14-12-17(2)13-15-25/h4-11,17H,3,12-16H2,1-2H3,(H,24,26). The second-order valence-corrected chi connectivity index (χ2v) is 7.35. The molecule has 0 unspecified atom stereocenters. The van der Waals surface area contributed by atoms with Gasteiger partial charge in [-0.05, 0) is 61.6 Å². The van der Waals surface area contributed by atoms with E-state index in [9.17, 15) is 9.59 Å². The van der Waals surface area contributed by atoms with Crippen molar-refractivity contribution in [1.29, 1.82) is 0 Å². The number of hydrogen-bond acceptors (Lipinski definition) is 3. The van der Waals surface area contributed by atoms with E-state index in [0.717, 1.165) is 38.1 Å². The third-order valence-electron chi connectivity index (χ3n) is 5.07. The normalized spacial score (nSPS) is 14.6. The van der Waals surface area contributed by atoms with Gasteiger partial charge in [-0.15, -0.1) is 0 Å². The van der Waals surface area contributed by atoms with Crippen LogP contribution in [0.25, 0.3) is 0 Å². The summed E-state index contributed by atoms with van der Waals surface area (Å²) in [6, 6.07) is 14.2. The van der Waals surface area contributed by atoms with Crippen LogP contribution in [0.5, 0.6) is 5.75 Å². The molecule has 1 N–H and O–H groups in total. The summed E-state index contributed by atoms with van der Waals surface area (Å²) in [5, 5.41) is 2.89. The average molecular weight is 380 g/mol. The number of hydrogen-bond donors (Lipinski definition) is 1. The number of carbonyl (C=O) groups excluding carboxylic acids is 2. The maximum atomic E-state index is 12.9. The van der Waals surface area contributed by atoms with Gasteiger partial charge in [0.2, 0.25) is 0 Å². The molecular formula is C23H28N2O3. The average Bonchev–Trinajstić information content (AvgIpc) is 2.73. The van der Waals surface area contributed by atoms with E-state index in [4.69, 9.17) is 4.74 Å². The Labute approximate surface area is 166 Å². The first-order valence-electron chi connectivity index (χ1n) is 10.0. The van der Waals surface area contributed by atoms with Gasteiger partial charge in [-0.1, -0.05) is 26.0 Å². The monoisotopic (exact) mass is 380 g/mol. The van der Waals surface area contributed by atoms with Crippen LogP contribution in [0.15, 0.2) is 48.5 Å².